The Morgan fingerprint density at radius 3 is 1.73 bits per heavy atom. The first-order chi connectivity index (χ1) is 12.6. The number of hydrogen-bond acceptors (Lipinski definition) is 2. The molecule has 0 saturated carbocycles. The molecule has 4 rings (SSSR count). The molecule has 0 aromatic heterocycles. The molecular formula is C23H21OPS. The molecule has 1 aliphatic heterocycles. The largest absolute Gasteiger partial charge is 0.380 e. The second-order valence-electron chi connectivity index (χ2n) is 6.76. The zero-order valence-corrected chi connectivity index (χ0v) is 16.1. The molecule has 2 atom stereocenters. The molecule has 1 aliphatic rings. The Hall–Kier alpha value is -1.99. The fraction of sp³-hybridized carbons (Fsp3) is 0.130. The third-order valence-corrected chi connectivity index (χ3v) is 9.39. The number of aliphatic hydroxyl groups is 1. The molecule has 3 aromatic carbocycles. The van der Waals surface area contributed by atoms with Crippen LogP contribution in [0.5, 0.6) is 0 Å². The predicted molar refractivity (Wildman–Crippen MR) is 114 cm³/mol. The summed E-state index contributed by atoms with van der Waals surface area (Å²) in [6.45, 7) is 0. The van der Waals surface area contributed by atoms with Gasteiger partial charge in [0.05, 0.1) is 0 Å². The van der Waals surface area contributed by atoms with Crippen LogP contribution in [0.3, 0.4) is 0 Å². The summed E-state index contributed by atoms with van der Waals surface area (Å²) in [5.74, 6) is 2.15. The SMILES string of the molecule is OC(c1ccccc1)(c1ccccc1)[C@@H]1C=C[P@@](=S)(c2ccccc2)C1. The lowest BCUT2D eigenvalue weighted by atomic mass is 9.77. The van der Waals surface area contributed by atoms with Gasteiger partial charge in [0.1, 0.15) is 5.60 Å². The quantitative estimate of drug-likeness (QED) is 0.656. The summed E-state index contributed by atoms with van der Waals surface area (Å²) in [7, 11) is 0. The highest BCUT2D eigenvalue weighted by Crippen LogP contribution is 2.57. The van der Waals surface area contributed by atoms with Crippen molar-refractivity contribution < 1.29 is 5.11 Å². The van der Waals surface area contributed by atoms with E-state index in [0.717, 1.165) is 17.3 Å². The van der Waals surface area contributed by atoms with E-state index >= 15 is 0 Å². The maximum Gasteiger partial charge on any atom is 0.121 e. The minimum absolute atomic E-state index is 0.0432. The summed E-state index contributed by atoms with van der Waals surface area (Å²) >= 11 is 6.09. The van der Waals surface area contributed by atoms with Gasteiger partial charge in [-0.2, -0.15) is 0 Å². The minimum atomic E-state index is -1.82. The van der Waals surface area contributed by atoms with Crippen molar-refractivity contribution >= 4 is 23.1 Å². The van der Waals surface area contributed by atoms with Gasteiger partial charge >= 0.3 is 0 Å². The Bertz CT molecular complexity index is 912. The molecule has 1 N–H and O–H groups in total. The number of benzene rings is 3. The van der Waals surface area contributed by atoms with Gasteiger partial charge in [-0.15, -0.1) is 0 Å². The van der Waals surface area contributed by atoms with Crippen LogP contribution in [0.15, 0.2) is 103 Å². The minimum Gasteiger partial charge on any atom is -0.380 e. The van der Waals surface area contributed by atoms with E-state index in [-0.39, 0.29) is 5.92 Å². The first-order valence-electron chi connectivity index (χ1n) is 8.80. The zero-order valence-electron chi connectivity index (χ0n) is 14.4. The van der Waals surface area contributed by atoms with Crippen molar-refractivity contribution in [2.24, 2.45) is 5.92 Å². The molecule has 1 heterocycles. The summed E-state index contributed by atoms with van der Waals surface area (Å²) < 4.78 is 0. The van der Waals surface area contributed by atoms with Crippen LogP contribution in [0.4, 0.5) is 0 Å². The normalized spacial score (nSPS) is 22.4. The topological polar surface area (TPSA) is 20.2 Å². The molecule has 1 nitrogen and oxygen atoms in total. The Morgan fingerprint density at radius 1 is 0.769 bits per heavy atom. The molecule has 0 radical (unpaired) electrons. The molecule has 0 spiro atoms. The molecule has 0 unspecified atom stereocenters. The van der Waals surface area contributed by atoms with Gasteiger partial charge in [0.25, 0.3) is 0 Å². The van der Waals surface area contributed by atoms with Crippen molar-refractivity contribution in [3.63, 3.8) is 0 Å². The highest BCUT2D eigenvalue weighted by molar-refractivity contribution is 8.19. The van der Waals surface area contributed by atoms with Crippen LogP contribution in [0.25, 0.3) is 0 Å². The summed E-state index contributed by atoms with van der Waals surface area (Å²) in [6.07, 6.45) is 2.94. The Labute approximate surface area is 160 Å². The third kappa shape index (κ3) is 2.99. The molecule has 0 amide bonds. The van der Waals surface area contributed by atoms with E-state index in [4.69, 9.17) is 11.8 Å². The van der Waals surface area contributed by atoms with Gasteiger partial charge < -0.3 is 5.11 Å². The van der Waals surface area contributed by atoms with Crippen molar-refractivity contribution in [1.29, 1.82) is 0 Å². The highest BCUT2D eigenvalue weighted by atomic mass is 32.4. The van der Waals surface area contributed by atoms with E-state index in [1.54, 1.807) is 0 Å². The van der Waals surface area contributed by atoms with E-state index < -0.39 is 11.6 Å². The fourth-order valence-corrected chi connectivity index (χ4v) is 7.47. The van der Waals surface area contributed by atoms with Crippen molar-refractivity contribution in [3.8, 4) is 0 Å². The standard InChI is InChI=1S/C23H21OPS/c24-23(19-10-4-1-5-11-19,20-12-6-2-7-13-20)21-16-17-25(26,18-21)22-14-8-3-9-15-22/h1-17,21,24H,18H2/t21-,25+/m1/s1. The van der Waals surface area contributed by atoms with Crippen LogP contribution in [-0.2, 0) is 17.4 Å². The monoisotopic (exact) mass is 376 g/mol. The number of hydrogen-bond donors (Lipinski definition) is 1. The maximum absolute atomic E-state index is 12.0. The van der Waals surface area contributed by atoms with Crippen molar-refractivity contribution in [2.75, 3.05) is 6.16 Å². The van der Waals surface area contributed by atoms with Crippen LogP contribution in [0, 0.1) is 5.92 Å². The molecular weight excluding hydrogens is 355 g/mol. The second kappa shape index (κ2) is 6.96. The van der Waals surface area contributed by atoms with Crippen molar-refractivity contribution in [2.45, 2.75) is 5.60 Å². The van der Waals surface area contributed by atoms with Crippen LogP contribution < -0.4 is 5.30 Å². The zero-order chi connectivity index (χ0) is 18.0. The number of rotatable bonds is 4. The first kappa shape index (κ1) is 17.4. The van der Waals surface area contributed by atoms with Crippen LogP contribution >= 0.6 is 6.04 Å². The van der Waals surface area contributed by atoms with E-state index in [2.05, 4.69) is 24.0 Å². The predicted octanol–water partition coefficient (Wildman–Crippen LogP) is 4.87. The first-order valence-corrected chi connectivity index (χ1v) is 11.9. The van der Waals surface area contributed by atoms with Gasteiger partial charge in [0.15, 0.2) is 0 Å². The smallest absolute Gasteiger partial charge is 0.121 e. The molecule has 0 saturated heterocycles. The van der Waals surface area contributed by atoms with Crippen molar-refractivity contribution in [3.05, 3.63) is 114 Å². The summed E-state index contributed by atoms with van der Waals surface area (Å²) in [5.41, 5.74) is 0.753. The van der Waals surface area contributed by atoms with Gasteiger partial charge in [-0.25, -0.2) is 0 Å². The van der Waals surface area contributed by atoms with E-state index in [9.17, 15) is 5.11 Å². The van der Waals surface area contributed by atoms with Gasteiger partial charge in [-0.3, -0.25) is 0 Å². The van der Waals surface area contributed by atoms with Crippen LogP contribution in [-0.4, -0.2) is 11.3 Å². The lowest BCUT2D eigenvalue weighted by molar-refractivity contribution is 0.0458. The molecule has 0 aliphatic carbocycles. The molecule has 3 aromatic rings. The van der Waals surface area contributed by atoms with E-state index in [0.29, 0.717) is 0 Å². The maximum atomic E-state index is 12.0. The van der Waals surface area contributed by atoms with E-state index in [1.807, 2.05) is 78.9 Å². The summed E-state index contributed by atoms with van der Waals surface area (Å²) in [4.78, 5) is 0. The van der Waals surface area contributed by atoms with Crippen LogP contribution in [0.2, 0.25) is 0 Å². The average Bonchev–Trinajstić information content (AvgIpc) is 3.13. The lowest BCUT2D eigenvalue weighted by Crippen LogP contribution is -2.36. The average molecular weight is 376 g/mol. The Morgan fingerprint density at radius 2 is 1.23 bits per heavy atom. The molecule has 0 bridgehead atoms. The third-order valence-electron chi connectivity index (χ3n) is 5.18. The molecule has 3 heteroatoms. The van der Waals surface area contributed by atoms with E-state index in [1.165, 1.54) is 5.30 Å². The van der Waals surface area contributed by atoms with Gasteiger partial charge in [-0.05, 0) is 22.6 Å². The molecule has 26 heavy (non-hydrogen) atoms. The van der Waals surface area contributed by atoms with Crippen molar-refractivity contribution in [1.82, 2.24) is 0 Å². The summed E-state index contributed by atoms with van der Waals surface area (Å²) in [6, 6.07) is 28.4. The van der Waals surface area contributed by atoms with Gasteiger partial charge in [0.2, 0.25) is 0 Å². The van der Waals surface area contributed by atoms with Crippen LogP contribution in [0.1, 0.15) is 11.1 Å². The Balaban J connectivity index is 1.78. The molecule has 130 valence electrons. The highest BCUT2D eigenvalue weighted by Gasteiger charge is 2.43. The molecule has 0 fully saturated rings. The van der Waals surface area contributed by atoms with Gasteiger partial charge in [0, 0.05) is 12.0 Å². The van der Waals surface area contributed by atoms with Gasteiger partial charge in [-0.1, -0.05) is 115 Å². The lowest BCUT2D eigenvalue weighted by Gasteiger charge is -2.35. The Kier molecular flexibility index (Phi) is 4.67. The second-order valence-corrected chi connectivity index (χ2v) is 11.5. The fourth-order valence-electron chi connectivity index (χ4n) is 3.78. The summed E-state index contributed by atoms with van der Waals surface area (Å²) in [5, 5.41) is 13.2.